The second kappa shape index (κ2) is 5.68. The fourth-order valence-electron chi connectivity index (χ4n) is 4.73. The van der Waals surface area contributed by atoms with E-state index in [9.17, 15) is 24.3 Å². The number of carboxylic acid groups (broad SMARTS) is 1. The Bertz CT molecular complexity index is 761. The van der Waals surface area contributed by atoms with Gasteiger partial charge in [0, 0.05) is 11.3 Å². The van der Waals surface area contributed by atoms with Crippen LogP contribution in [0, 0.1) is 23.7 Å². The van der Waals surface area contributed by atoms with E-state index in [1.54, 1.807) is 6.07 Å². The van der Waals surface area contributed by atoms with Gasteiger partial charge in [-0.15, -0.1) is 0 Å². The largest absolute Gasteiger partial charge is 0.545 e. The number of carboxylic acids is 1. The lowest BCUT2D eigenvalue weighted by atomic mass is 9.81. The van der Waals surface area contributed by atoms with E-state index in [0.717, 1.165) is 24.2 Å². The molecule has 4 atom stereocenters. The van der Waals surface area contributed by atoms with Crippen LogP contribution in [0.5, 0.6) is 0 Å². The van der Waals surface area contributed by atoms with Gasteiger partial charge < -0.3 is 15.2 Å². The summed E-state index contributed by atoms with van der Waals surface area (Å²) in [4.78, 5) is 49.5. The van der Waals surface area contributed by atoms with Crippen molar-refractivity contribution >= 4 is 29.4 Å². The minimum atomic E-state index is -1.41. The van der Waals surface area contributed by atoms with Crippen molar-refractivity contribution in [1.29, 1.82) is 0 Å². The zero-order chi connectivity index (χ0) is 17.7. The normalized spacial score (nSPS) is 29.8. The third kappa shape index (κ3) is 2.42. The van der Waals surface area contributed by atoms with Gasteiger partial charge in [-0.2, -0.15) is 0 Å². The van der Waals surface area contributed by atoms with E-state index in [4.69, 9.17) is 0 Å². The summed E-state index contributed by atoms with van der Waals surface area (Å²) in [5, 5.41) is 13.5. The smallest absolute Gasteiger partial charge is 0.244 e. The van der Waals surface area contributed by atoms with Crippen molar-refractivity contribution in [1.82, 2.24) is 4.90 Å². The van der Waals surface area contributed by atoms with Crippen molar-refractivity contribution < 1.29 is 24.3 Å². The third-order valence-corrected chi connectivity index (χ3v) is 5.74. The van der Waals surface area contributed by atoms with Crippen LogP contribution in [0.3, 0.4) is 0 Å². The number of amides is 3. The molecule has 3 fully saturated rings. The van der Waals surface area contributed by atoms with Crippen LogP contribution in [0.25, 0.3) is 0 Å². The molecule has 1 aromatic rings. The Labute approximate surface area is 144 Å². The Morgan fingerprint density at radius 2 is 1.68 bits per heavy atom. The van der Waals surface area contributed by atoms with Gasteiger partial charge in [-0.25, -0.2) is 0 Å². The van der Waals surface area contributed by atoms with Crippen molar-refractivity contribution in [2.45, 2.75) is 19.3 Å². The van der Waals surface area contributed by atoms with E-state index in [0.29, 0.717) is 0 Å². The first-order valence-electron chi connectivity index (χ1n) is 8.43. The van der Waals surface area contributed by atoms with Crippen LogP contribution >= 0.6 is 0 Å². The topological polar surface area (TPSA) is 107 Å². The van der Waals surface area contributed by atoms with Crippen molar-refractivity contribution in [3.8, 4) is 0 Å². The third-order valence-electron chi connectivity index (χ3n) is 5.74. The number of aromatic carboxylic acids is 1. The molecule has 0 radical (unpaired) electrons. The fraction of sp³-hybridized carbons (Fsp3) is 0.444. The summed E-state index contributed by atoms with van der Waals surface area (Å²) in [6.07, 6.45) is 2.89. The number of anilines is 1. The second-order valence-corrected chi connectivity index (χ2v) is 7.03. The molecule has 7 nitrogen and oxygen atoms in total. The molecule has 1 heterocycles. The first-order chi connectivity index (χ1) is 12.0. The number of nitrogens with one attached hydrogen (secondary N) is 1. The number of hydrogen-bond acceptors (Lipinski definition) is 5. The van der Waals surface area contributed by atoms with Gasteiger partial charge >= 0.3 is 0 Å². The van der Waals surface area contributed by atoms with E-state index >= 15 is 0 Å². The maximum atomic E-state index is 12.6. The van der Waals surface area contributed by atoms with Crippen molar-refractivity contribution in [2.24, 2.45) is 23.7 Å². The highest BCUT2D eigenvalue weighted by atomic mass is 16.4. The molecule has 0 aromatic heterocycles. The first-order valence-corrected chi connectivity index (χ1v) is 8.43. The van der Waals surface area contributed by atoms with Crippen LogP contribution < -0.4 is 10.4 Å². The summed E-state index contributed by atoms with van der Waals surface area (Å²) in [7, 11) is 0. The number of nitrogens with zero attached hydrogens (tertiary/aromatic N) is 1. The summed E-state index contributed by atoms with van der Waals surface area (Å²) >= 11 is 0. The molecule has 3 amide bonds. The molecule has 1 aliphatic heterocycles. The number of likely N-dealkylation sites (tertiary alicyclic amines) is 1. The Kier molecular flexibility index (Phi) is 3.59. The molecule has 25 heavy (non-hydrogen) atoms. The average molecular weight is 341 g/mol. The van der Waals surface area contributed by atoms with Crippen molar-refractivity contribution in [3.63, 3.8) is 0 Å². The molecule has 130 valence electrons. The van der Waals surface area contributed by atoms with Gasteiger partial charge in [-0.1, -0.05) is 18.2 Å². The lowest BCUT2D eigenvalue weighted by Gasteiger charge is -2.19. The van der Waals surface area contributed by atoms with Crippen LogP contribution in [0.15, 0.2) is 24.3 Å². The average Bonchev–Trinajstić information content (AvgIpc) is 3.25. The zero-order valence-corrected chi connectivity index (χ0v) is 13.4. The van der Waals surface area contributed by atoms with E-state index < -0.39 is 11.9 Å². The molecule has 1 N–H and O–H groups in total. The molecule has 7 heteroatoms. The number of benzene rings is 1. The molecule has 1 aromatic carbocycles. The molecule has 1 saturated heterocycles. The predicted octanol–water partition coefficient (Wildman–Crippen LogP) is 0.0197. The lowest BCUT2D eigenvalue weighted by molar-refractivity contribution is -0.254. The van der Waals surface area contributed by atoms with Crippen molar-refractivity contribution in [3.05, 3.63) is 29.8 Å². The minimum absolute atomic E-state index is 0.0897. The van der Waals surface area contributed by atoms with E-state index in [-0.39, 0.29) is 53.3 Å². The number of carbonyl (C=O) groups is 4. The van der Waals surface area contributed by atoms with Crippen LogP contribution in [-0.4, -0.2) is 35.1 Å². The molecule has 2 saturated carbocycles. The summed E-state index contributed by atoms with van der Waals surface area (Å²) in [6, 6.07) is 5.85. The van der Waals surface area contributed by atoms with Crippen LogP contribution in [0.2, 0.25) is 0 Å². The molecule has 4 rings (SSSR count). The first kappa shape index (κ1) is 15.8. The number of imide groups is 1. The highest BCUT2D eigenvalue weighted by molar-refractivity contribution is 6.10. The van der Waals surface area contributed by atoms with E-state index in [1.165, 1.54) is 18.2 Å². The Hall–Kier alpha value is -2.70. The second-order valence-electron chi connectivity index (χ2n) is 7.03. The minimum Gasteiger partial charge on any atom is -0.545 e. The maximum Gasteiger partial charge on any atom is 0.244 e. The van der Waals surface area contributed by atoms with E-state index in [2.05, 4.69) is 5.32 Å². The lowest BCUT2D eigenvalue weighted by Crippen LogP contribution is -2.39. The van der Waals surface area contributed by atoms with Gasteiger partial charge in [0.25, 0.3) is 0 Å². The summed E-state index contributed by atoms with van der Waals surface area (Å²) in [5.74, 6) is -2.53. The predicted molar refractivity (Wildman–Crippen MR) is 83.9 cm³/mol. The molecule has 2 aliphatic carbocycles. The zero-order valence-electron chi connectivity index (χ0n) is 13.4. The quantitative estimate of drug-likeness (QED) is 0.777. The molecule has 0 spiro atoms. The maximum absolute atomic E-state index is 12.6. The molecular weight excluding hydrogens is 324 g/mol. The highest BCUT2D eigenvalue weighted by Gasteiger charge is 2.60. The number of para-hydroxylation sites is 1. The number of carbonyl (C=O) groups excluding carboxylic acids is 4. The van der Waals surface area contributed by atoms with E-state index in [1.807, 2.05) is 0 Å². The molecule has 0 unspecified atom stereocenters. The van der Waals surface area contributed by atoms with Gasteiger partial charge in [0.1, 0.15) is 6.54 Å². The van der Waals surface area contributed by atoms with Crippen LogP contribution in [0.1, 0.15) is 29.6 Å². The van der Waals surface area contributed by atoms with Crippen molar-refractivity contribution in [2.75, 3.05) is 11.9 Å². The highest BCUT2D eigenvalue weighted by Crippen LogP contribution is 2.56. The summed E-state index contributed by atoms with van der Waals surface area (Å²) in [6.45, 7) is -0.383. The summed E-state index contributed by atoms with van der Waals surface area (Å²) in [5.41, 5.74) is -0.0586. The standard InChI is InChI=1S/C18H18N2O5/c21-13(19-12-4-2-1-3-11(12)18(24)25)8-20-16(22)14-9-5-6-10(7-9)15(14)17(20)23/h1-4,9-10,14-15H,5-8H2,(H,19,21)(H,24,25)/p-1/t9-,10+,14-,15+. The SMILES string of the molecule is O=C(CN1C(=O)[C@@H]2[C@@H]3CC[C@@H](C3)[C@@H]2C1=O)Nc1ccccc1C(=O)[O-]. The van der Waals surface area contributed by atoms with Gasteiger partial charge in [0.2, 0.25) is 17.7 Å². The molecular formula is C18H17N2O5-. The number of hydrogen-bond donors (Lipinski definition) is 1. The van der Waals surface area contributed by atoms with Gasteiger partial charge in [0.15, 0.2) is 0 Å². The molecule has 2 bridgehead atoms. The van der Waals surface area contributed by atoms with Gasteiger partial charge in [-0.05, 0) is 37.2 Å². The Balaban J connectivity index is 1.48. The van der Waals surface area contributed by atoms with Crippen LogP contribution in [0.4, 0.5) is 5.69 Å². The summed E-state index contributed by atoms with van der Waals surface area (Å²) < 4.78 is 0. The van der Waals surface area contributed by atoms with Crippen LogP contribution in [-0.2, 0) is 14.4 Å². The Morgan fingerprint density at radius 3 is 2.28 bits per heavy atom. The monoisotopic (exact) mass is 341 g/mol. The number of fused-ring (bicyclic) bond motifs is 5. The van der Waals surface area contributed by atoms with Gasteiger partial charge in [0.05, 0.1) is 17.8 Å². The molecule has 3 aliphatic rings. The Morgan fingerprint density at radius 1 is 1.08 bits per heavy atom. The number of rotatable bonds is 4. The van der Waals surface area contributed by atoms with Gasteiger partial charge in [-0.3, -0.25) is 19.3 Å². The fourth-order valence-corrected chi connectivity index (χ4v) is 4.73.